The van der Waals surface area contributed by atoms with Crippen molar-refractivity contribution < 1.29 is 0 Å². The van der Waals surface area contributed by atoms with E-state index in [9.17, 15) is 0 Å². The maximum absolute atomic E-state index is 4.76. The molecule has 0 amide bonds. The molecular formula is C22H31N5S. The number of rotatable bonds is 5. The van der Waals surface area contributed by atoms with E-state index in [-0.39, 0.29) is 0 Å². The molecule has 3 aromatic rings. The highest BCUT2D eigenvalue weighted by molar-refractivity contribution is 7.78. The van der Waals surface area contributed by atoms with E-state index in [1.165, 1.54) is 36.6 Å². The fourth-order valence-corrected chi connectivity index (χ4v) is 5.18. The van der Waals surface area contributed by atoms with Crippen molar-refractivity contribution >= 4 is 23.8 Å². The molecule has 1 aliphatic carbocycles. The summed E-state index contributed by atoms with van der Waals surface area (Å²) in [5.41, 5.74) is 4.54. The Morgan fingerprint density at radius 3 is 2.54 bits per heavy atom. The van der Waals surface area contributed by atoms with Gasteiger partial charge in [0.2, 0.25) is 0 Å². The van der Waals surface area contributed by atoms with Gasteiger partial charge in [0, 0.05) is 54.2 Å². The lowest BCUT2D eigenvalue weighted by atomic mass is 9.81. The molecule has 0 N–H and O–H groups in total. The van der Waals surface area contributed by atoms with Gasteiger partial charge in [-0.05, 0) is 63.6 Å². The summed E-state index contributed by atoms with van der Waals surface area (Å²) in [4.78, 5) is 7.41. The van der Waals surface area contributed by atoms with Gasteiger partial charge in [0.25, 0.3) is 0 Å². The van der Waals surface area contributed by atoms with E-state index in [2.05, 4.69) is 55.8 Å². The van der Waals surface area contributed by atoms with Crippen LogP contribution in [0.3, 0.4) is 0 Å². The second-order valence-electron chi connectivity index (χ2n) is 8.36. The Labute approximate surface area is 173 Å². The first kappa shape index (κ1) is 19.5. The summed E-state index contributed by atoms with van der Waals surface area (Å²) in [5, 5.41) is 5.49. The Morgan fingerprint density at radius 1 is 1.18 bits per heavy atom. The second-order valence-corrected chi connectivity index (χ2v) is 8.79. The van der Waals surface area contributed by atoms with E-state index < -0.39 is 0 Å². The third-order valence-electron chi connectivity index (χ3n) is 6.33. The van der Waals surface area contributed by atoms with Gasteiger partial charge in [-0.25, -0.2) is 4.98 Å². The van der Waals surface area contributed by atoms with E-state index in [0.717, 1.165) is 29.4 Å². The van der Waals surface area contributed by atoms with Crippen LogP contribution in [-0.2, 0) is 7.05 Å². The van der Waals surface area contributed by atoms with Crippen LogP contribution >= 0.6 is 12.8 Å². The van der Waals surface area contributed by atoms with Crippen LogP contribution in [0.15, 0.2) is 30.9 Å². The van der Waals surface area contributed by atoms with Gasteiger partial charge in [0.05, 0.1) is 6.20 Å². The number of nitrogens with zero attached hydrogens (tertiary/aromatic N) is 5. The van der Waals surface area contributed by atoms with E-state index in [4.69, 9.17) is 4.98 Å². The quantitative estimate of drug-likeness (QED) is 0.623. The topological polar surface area (TPSA) is 38.9 Å². The summed E-state index contributed by atoms with van der Waals surface area (Å²) < 4.78 is 3.66. The summed E-state index contributed by atoms with van der Waals surface area (Å²) in [5.74, 6) is 0.601. The van der Waals surface area contributed by atoms with Crippen LogP contribution in [0.1, 0.15) is 57.9 Å². The zero-order chi connectivity index (χ0) is 19.8. The molecule has 1 saturated carbocycles. The van der Waals surface area contributed by atoms with Gasteiger partial charge in [0.1, 0.15) is 5.65 Å². The first-order valence-electron chi connectivity index (χ1n) is 10.4. The minimum absolute atomic E-state index is 0.601. The summed E-state index contributed by atoms with van der Waals surface area (Å²) in [7, 11) is 1.95. The average Bonchev–Trinajstić information content (AvgIpc) is 3.26. The molecule has 3 heterocycles. The highest BCUT2D eigenvalue weighted by Gasteiger charge is 2.27. The number of aryl methyl sites for hydroxylation is 1. The van der Waals surface area contributed by atoms with Gasteiger partial charge in [-0.1, -0.05) is 19.7 Å². The monoisotopic (exact) mass is 397 g/mol. The van der Waals surface area contributed by atoms with Crippen LogP contribution in [0.4, 0.5) is 0 Å². The largest absolute Gasteiger partial charge is 0.298 e. The molecule has 0 bridgehead atoms. The maximum atomic E-state index is 4.76. The minimum Gasteiger partial charge on any atom is -0.298 e. The molecule has 0 aromatic carbocycles. The van der Waals surface area contributed by atoms with Crippen molar-refractivity contribution in [3.05, 3.63) is 36.4 Å². The Kier molecular flexibility index (Phi) is 5.52. The van der Waals surface area contributed by atoms with E-state index in [1.807, 2.05) is 34.3 Å². The lowest BCUT2D eigenvalue weighted by Crippen LogP contribution is -2.42. The average molecular weight is 398 g/mol. The molecule has 0 unspecified atom stereocenters. The molecule has 1 fully saturated rings. The third-order valence-corrected chi connectivity index (χ3v) is 6.63. The number of hydrogen-bond donors (Lipinski definition) is 1. The van der Waals surface area contributed by atoms with E-state index in [0.29, 0.717) is 12.0 Å². The molecule has 4 rings (SSSR count). The van der Waals surface area contributed by atoms with Crippen LogP contribution in [0, 0.1) is 0 Å². The molecule has 5 nitrogen and oxygen atoms in total. The number of fused-ring (bicyclic) bond motifs is 1. The summed E-state index contributed by atoms with van der Waals surface area (Å²) in [6.45, 7) is 8.06. The molecule has 0 saturated heterocycles. The standard InChI is InChI=1S/C22H31N5S/c1-5-26(15(2)3)19-8-6-16(7-9-19)17-10-20-21(18-12-24-25(4)13-18)14-27(28)22(20)23-11-17/h10-16,19,28H,5-9H2,1-4H3. The summed E-state index contributed by atoms with van der Waals surface area (Å²) in [6.07, 6.45) is 13.1. The molecule has 1 aliphatic rings. The van der Waals surface area contributed by atoms with Crippen LogP contribution in [0.2, 0.25) is 0 Å². The second kappa shape index (κ2) is 7.91. The van der Waals surface area contributed by atoms with Crippen molar-refractivity contribution in [1.29, 1.82) is 0 Å². The Morgan fingerprint density at radius 2 is 1.93 bits per heavy atom. The van der Waals surface area contributed by atoms with Crippen molar-refractivity contribution in [2.75, 3.05) is 6.54 Å². The summed E-state index contributed by atoms with van der Waals surface area (Å²) in [6, 6.07) is 3.69. The van der Waals surface area contributed by atoms with Gasteiger partial charge in [-0.3, -0.25) is 13.6 Å². The number of aromatic nitrogens is 4. The van der Waals surface area contributed by atoms with Crippen molar-refractivity contribution in [1.82, 2.24) is 23.6 Å². The van der Waals surface area contributed by atoms with Crippen molar-refractivity contribution in [3.63, 3.8) is 0 Å². The lowest BCUT2D eigenvalue weighted by molar-refractivity contribution is 0.122. The molecule has 3 aromatic heterocycles. The van der Waals surface area contributed by atoms with Gasteiger partial charge in [0.15, 0.2) is 0 Å². The molecule has 0 spiro atoms. The van der Waals surface area contributed by atoms with Crippen LogP contribution in [0.5, 0.6) is 0 Å². The Balaban J connectivity index is 1.59. The van der Waals surface area contributed by atoms with Crippen LogP contribution < -0.4 is 0 Å². The lowest BCUT2D eigenvalue weighted by Gasteiger charge is -2.38. The van der Waals surface area contributed by atoms with Gasteiger partial charge >= 0.3 is 0 Å². The minimum atomic E-state index is 0.601. The predicted molar refractivity (Wildman–Crippen MR) is 119 cm³/mol. The zero-order valence-corrected chi connectivity index (χ0v) is 18.2. The number of thiol groups is 1. The first-order chi connectivity index (χ1) is 13.5. The summed E-state index contributed by atoms with van der Waals surface area (Å²) >= 11 is 4.58. The zero-order valence-electron chi connectivity index (χ0n) is 17.3. The molecule has 0 radical (unpaired) electrons. The first-order valence-corrected chi connectivity index (χ1v) is 10.8. The number of hydrogen-bond acceptors (Lipinski definition) is 4. The van der Waals surface area contributed by atoms with Gasteiger partial charge < -0.3 is 0 Å². The number of pyridine rings is 1. The molecular weight excluding hydrogens is 366 g/mol. The van der Waals surface area contributed by atoms with E-state index in [1.54, 1.807) is 0 Å². The highest BCUT2D eigenvalue weighted by atomic mass is 32.1. The fraction of sp³-hybridized carbons (Fsp3) is 0.545. The smallest absolute Gasteiger partial charge is 0.150 e. The van der Waals surface area contributed by atoms with Crippen molar-refractivity contribution in [2.45, 2.75) is 64.5 Å². The van der Waals surface area contributed by atoms with Gasteiger partial charge in [-0.2, -0.15) is 5.10 Å². The maximum Gasteiger partial charge on any atom is 0.150 e. The highest BCUT2D eigenvalue weighted by Crippen LogP contribution is 2.38. The SMILES string of the molecule is CCN(C(C)C)C1CCC(c2cnc3c(c2)c(-c2cnn(C)c2)cn3S)CC1. The molecule has 0 atom stereocenters. The fourth-order valence-electron chi connectivity index (χ4n) is 4.91. The van der Waals surface area contributed by atoms with Crippen LogP contribution in [-0.4, -0.2) is 42.3 Å². The van der Waals surface area contributed by atoms with E-state index >= 15 is 0 Å². The Hall–Kier alpha value is -1.79. The van der Waals surface area contributed by atoms with Crippen molar-refractivity contribution in [3.8, 4) is 11.1 Å². The Bertz CT molecular complexity index is 949. The van der Waals surface area contributed by atoms with Crippen LogP contribution in [0.25, 0.3) is 22.2 Å². The normalized spacial score (nSPS) is 20.5. The molecule has 150 valence electrons. The van der Waals surface area contributed by atoms with Crippen molar-refractivity contribution in [2.24, 2.45) is 7.05 Å². The molecule has 0 aliphatic heterocycles. The predicted octanol–water partition coefficient (Wildman–Crippen LogP) is 4.89. The molecule has 6 heteroatoms. The molecule has 28 heavy (non-hydrogen) atoms. The van der Waals surface area contributed by atoms with Gasteiger partial charge in [-0.15, -0.1) is 0 Å². The third kappa shape index (κ3) is 3.60.